The van der Waals surface area contributed by atoms with E-state index in [0.29, 0.717) is 5.11 Å². The van der Waals surface area contributed by atoms with Crippen LogP contribution < -0.4 is 15.4 Å². The molecule has 1 aromatic heterocycles. The van der Waals surface area contributed by atoms with Crippen molar-refractivity contribution in [2.24, 2.45) is 0 Å². The van der Waals surface area contributed by atoms with Gasteiger partial charge in [-0.3, -0.25) is 4.68 Å². The van der Waals surface area contributed by atoms with Gasteiger partial charge in [0, 0.05) is 23.1 Å². The number of benzene rings is 2. The summed E-state index contributed by atoms with van der Waals surface area (Å²) in [6.07, 6.45) is 0. The van der Waals surface area contributed by atoms with Crippen molar-refractivity contribution >= 4 is 28.7 Å². The number of nitrogens with zero attached hydrogens (tertiary/aromatic N) is 2. The van der Waals surface area contributed by atoms with Gasteiger partial charge in [0.25, 0.3) is 0 Å². The molecule has 26 heavy (non-hydrogen) atoms. The zero-order valence-corrected chi connectivity index (χ0v) is 15.9. The molecule has 134 valence electrons. The van der Waals surface area contributed by atoms with Gasteiger partial charge < -0.3 is 15.4 Å². The number of aryl methyl sites for hydroxylation is 2. The van der Waals surface area contributed by atoms with Crippen LogP contribution in [0.15, 0.2) is 54.6 Å². The zero-order chi connectivity index (χ0) is 18.5. The topological polar surface area (TPSA) is 51.1 Å². The third kappa shape index (κ3) is 4.61. The highest BCUT2D eigenvalue weighted by Gasteiger charge is 2.04. The molecule has 0 spiro atoms. The van der Waals surface area contributed by atoms with Crippen LogP contribution in [0.5, 0.6) is 5.75 Å². The maximum Gasteiger partial charge on any atom is 0.175 e. The Morgan fingerprint density at radius 1 is 1.04 bits per heavy atom. The molecule has 6 heteroatoms. The Balaban J connectivity index is 1.59. The van der Waals surface area contributed by atoms with Gasteiger partial charge >= 0.3 is 0 Å². The molecule has 0 saturated heterocycles. The van der Waals surface area contributed by atoms with Crippen molar-refractivity contribution in [3.05, 3.63) is 71.5 Å². The fourth-order valence-corrected chi connectivity index (χ4v) is 2.93. The van der Waals surface area contributed by atoms with Crippen LogP contribution in [0.1, 0.15) is 17.0 Å². The van der Waals surface area contributed by atoms with Crippen LogP contribution in [-0.2, 0) is 6.54 Å². The molecule has 3 aromatic rings. The predicted octanol–water partition coefficient (Wildman–Crippen LogP) is 4.37. The Morgan fingerprint density at radius 3 is 2.42 bits per heavy atom. The van der Waals surface area contributed by atoms with Crippen LogP contribution in [0.25, 0.3) is 0 Å². The lowest BCUT2D eigenvalue weighted by Gasteiger charge is -2.12. The van der Waals surface area contributed by atoms with Gasteiger partial charge in [0.15, 0.2) is 5.11 Å². The Morgan fingerprint density at radius 2 is 1.77 bits per heavy atom. The molecule has 0 aliphatic rings. The second kappa shape index (κ2) is 8.01. The summed E-state index contributed by atoms with van der Waals surface area (Å²) >= 11 is 5.38. The van der Waals surface area contributed by atoms with Crippen LogP contribution in [0.4, 0.5) is 11.4 Å². The first kappa shape index (κ1) is 17.9. The molecule has 5 nitrogen and oxygen atoms in total. The summed E-state index contributed by atoms with van der Waals surface area (Å²) in [7, 11) is 1.64. The zero-order valence-electron chi connectivity index (χ0n) is 15.1. The number of methoxy groups -OCH3 is 1. The maximum absolute atomic E-state index is 5.38. The van der Waals surface area contributed by atoms with E-state index in [1.54, 1.807) is 7.11 Å². The third-order valence-electron chi connectivity index (χ3n) is 3.98. The van der Waals surface area contributed by atoms with Crippen LogP contribution >= 0.6 is 12.2 Å². The van der Waals surface area contributed by atoms with Crippen LogP contribution in [0.3, 0.4) is 0 Å². The quantitative estimate of drug-likeness (QED) is 0.657. The van der Waals surface area contributed by atoms with Gasteiger partial charge in [0.1, 0.15) is 5.75 Å². The summed E-state index contributed by atoms with van der Waals surface area (Å²) in [5.41, 5.74) is 5.20. The molecular formula is C20H22N4OS. The summed E-state index contributed by atoms with van der Waals surface area (Å²) in [6.45, 7) is 4.83. The molecule has 0 fully saturated rings. The first-order chi connectivity index (χ1) is 12.5. The average Bonchev–Trinajstić information content (AvgIpc) is 2.94. The molecule has 0 bridgehead atoms. The minimum Gasteiger partial charge on any atom is -0.497 e. The van der Waals surface area contributed by atoms with Gasteiger partial charge in [-0.25, -0.2) is 0 Å². The van der Waals surface area contributed by atoms with Gasteiger partial charge in [0.05, 0.1) is 19.3 Å². The lowest BCUT2D eigenvalue weighted by atomic mass is 10.2. The molecule has 0 unspecified atom stereocenters. The molecule has 0 saturated carbocycles. The van der Waals surface area contributed by atoms with Crippen LogP contribution in [0, 0.1) is 13.8 Å². The first-order valence-corrected chi connectivity index (χ1v) is 8.76. The van der Waals surface area contributed by atoms with E-state index in [-0.39, 0.29) is 0 Å². The van der Waals surface area contributed by atoms with E-state index in [2.05, 4.69) is 40.9 Å². The molecular weight excluding hydrogens is 344 g/mol. The molecule has 0 aliphatic heterocycles. The maximum atomic E-state index is 5.38. The predicted molar refractivity (Wildman–Crippen MR) is 110 cm³/mol. The van der Waals surface area contributed by atoms with E-state index < -0.39 is 0 Å². The number of aromatic nitrogens is 2. The van der Waals surface area contributed by atoms with Crippen molar-refractivity contribution in [2.75, 3.05) is 17.7 Å². The molecule has 0 aliphatic carbocycles. The Hall–Kier alpha value is -2.86. The monoisotopic (exact) mass is 366 g/mol. The van der Waals surface area contributed by atoms with Crippen LogP contribution in [-0.4, -0.2) is 22.0 Å². The molecule has 2 aromatic carbocycles. The van der Waals surface area contributed by atoms with Crippen molar-refractivity contribution in [1.29, 1.82) is 0 Å². The minimum atomic E-state index is 0.532. The number of thiocarbonyl (C=S) groups is 1. The van der Waals surface area contributed by atoms with Gasteiger partial charge in [-0.15, -0.1) is 0 Å². The molecule has 0 atom stereocenters. The van der Waals surface area contributed by atoms with Crippen LogP contribution in [0.2, 0.25) is 0 Å². The van der Waals surface area contributed by atoms with Crippen molar-refractivity contribution < 1.29 is 4.74 Å². The van der Waals surface area contributed by atoms with Crippen molar-refractivity contribution in [3.8, 4) is 5.75 Å². The lowest BCUT2D eigenvalue weighted by Crippen LogP contribution is -2.19. The molecule has 2 N–H and O–H groups in total. The molecule has 0 amide bonds. The number of nitrogens with one attached hydrogen (secondary N) is 2. The van der Waals surface area contributed by atoms with Gasteiger partial charge in [-0.1, -0.05) is 18.2 Å². The number of ether oxygens (including phenoxy) is 1. The lowest BCUT2D eigenvalue weighted by molar-refractivity contribution is 0.415. The molecule has 0 radical (unpaired) electrons. The average molecular weight is 366 g/mol. The largest absolute Gasteiger partial charge is 0.497 e. The van der Waals surface area contributed by atoms with Crippen molar-refractivity contribution in [2.45, 2.75) is 20.4 Å². The Bertz CT molecular complexity index is 902. The SMILES string of the molecule is COc1cccc(NC(=S)Nc2ccc(Cn3nc(C)cc3C)cc2)c1. The second-order valence-corrected chi connectivity index (χ2v) is 6.50. The van der Waals surface area contributed by atoms with Crippen molar-refractivity contribution in [3.63, 3.8) is 0 Å². The summed E-state index contributed by atoms with van der Waals surface area (Å²) in [4.78, 5) is 0. The highest BCUT2D eigenvalue weighted by molar-refractivity contribution is 7.80. The summed E-state index contributed by atoms with van der Waals surface area (Å²) in [5.74, 6) is 0.784. The summed E-state index contributed by atoms with van der Waals surface area (Å²) < 4.78 is 7.22. The van der Waals surface area contributed by atoms with E-state index >= 15 is 0 Å². The standard InChI is InChI=1S/C20H22N4OS/c1-14-11-15(2)24(23-14)13-16-7-9-17(10-8-16)21-20(26)22-18-5-4-6-19(12-18)25-3/h4-12H,13H2,1-3H3,(H2,21,22,26). The van der Waals surface area contributed by atoms with E-state index in [0.717, 1.165) is 35.1 Å². The van der Waals surface area contributed by atoms with E-state index in [4.69, 9.17) is 17.0 Å². The van der Waals surface area contributed by atoms with E-state index in [9.17, 15) is 0 Å². The number of hydrogen-bond acceptors (Lipinski definition) is 3. The highest BCUT2D eigenvalue weighted by atomic mass is 32.1. The normalized spacial score (nSPS) is 10.4. The first-order valence-electron chi connectivity index (χ1n) is 8.35. The van der Waals surface area contributed by atoms with Gasteiger partial charge in [-0.2, -0.15) is 5.10 Å². The molecule has 1 heterocycles. The smallest absolute Gasteiger partial charge is 0.175 e. The van der Waals surface area contributed by atoms with Gasteiger partial charge in [0.2, 0.25) is 0 Å². The highest BCUT2D eigenvalue weighted by Crippen LogP contribution is 2.17. The van der Waals surface area contributed by atoms with E-state index in [1.807, 2.05) is 48.0 Å². The number of hydrogen-bond donors (Lipinski definition) is 2. The Labute approximate surface area is 159 Å². The summed E-state index contributed by atoms with van der Waals surface area (Å²) in [6, 6.07) is 17.9. The number of rotatable bonds is 5. The fraction of sp³-hybridized carbons (Fsp3) is 0.200. The fourth-order valence-electron chi connectivity index (χ4n) is 2.70. The van der Waals surface area contributed by atoms with Gasteiger partial charge in [-0.05, 0) is 62.0 Å². The summed E-state index contributed by atoms with van der Waals surface area (Å²) in [5, 5.41) is 11.4. The number of anilines is 2. The molecule has 3 rings (SSSR count). The van der Waals surface area contributed by atoms with Crippen molar-refractivity contribution in [1.82, 2.24) is 9.78 Å². The third-order valence-corrected chi connectivity index (χ3v) is 4.18. The van der Waals surface area contributed by atoms with E-state index in [1.165, 1.54) is 5.56 Å². The second-order valence-electron chi connectivity index (χ2n) is 6.09. The minimum absolute atomic E-state index is 0.532. The Kier molecular flexibility index (Phi) is 5.53.